The van der Waals surface area contributed by atoms with E-state index in [1.165, 1.54) is 0 Å². The minimum atomic E-state index is 0.0742. The summed E-state index contributed by atoms with van der Waals surface area (Å²) in [6.45, 7) is 9.79. The molecular weight excluding hydrogens is 317 g/mol. The zero-order valence-corrected chi connectivity index (χ0v) is 14.6. The Morgan fingerprint density at radius 2 is 1.75 bits per heavy atom. The van der Waals surface area contributed by atoms with Crippen molar-refractivity contribution >= 4 is 34.8 Å². The molecule has 1 aromatic rings. The highest BCUT2D eigenvalue weighted by molar-refractivity contribution is 6.48. The fourth-order valence-corrected chi connectivity index (χ4v) is 2.67. The fourth-order valence-electron chi connectivity index (χ4n) is 1.96. The molecule has 0 aliphatic rings. The molecule has 114 valence electrons. The van der Waals surface area contributed by atoms with E-state index in [9.17, 15) is 0 Å². The van der Waals surface area contributed by atoms with Crippen molar-refractivity contribution in [3.63, 3.8) is 0 Å². The molecule has 0 aromatic heterocycles. The molecule has 1 aromatic carbocycles. The highest BCUT2D eigenvalue weighted by Crippen LogP contribution is 2.35. The van der Waals surface area contributed by atoms with Gasteiger partial charge in [0.05, 0.1) is 21.7 Å². The predicted octanol–water partition coefficient (Wildman–Crippen LogP) is 5.36. The lowest BCUT2D eigenvalue weighted by atomic mass is 10.0. The monoisotopic (exact) mass is 337 g/mol. The van der Waals surface area contributed by atoms with Crippen molar-refractivity contribution in [1.82, 2.24) is 5.32 Å². The first-order valence-corrected chi connectivity index (χ1v) is 7.99. The quantitative estimate of drug-likeness (QED) is 0.676. The molecular formula is C15H22Cl3NO. The molecule has 0 aliphatic heterocycles. The van der Waals surface area contributed by atoms with Gasteiger partial charge in [-0.15, -0.1) is 0 Å². The first-order valence-electron chi connectivity index (χ1n) is 6.85. The summed E-state index contributed by atoms with van der Waals surface area (Å²) in [5.74, 6) is 0.463. The number of ether oxygens (including phenoxy) is 1. The van der Waals surface area contributed by atoms with Crippen molar-refractivity contribution in [2.45, 2.75) is 39.8 Å². The van der Waals surface area contributed by atoms with E-state index in [0.29, 0.717) is 34.2 Å². The summed E-state index contributed by atoms with van der Waals surface area (Å²) in [6, 6.07) is 4.02. The zero-order valence-electron chi connectivity index (χ0n) is 12.3. The average Bonchev–Trinajstić information content (AvgIpc) is 2.40. The summed E-state index contributed by atoms with van der Waals surface area (Å²) < 4.78 is 5.52. The Labute approximate surface area is 136 Å². The minimum absolute atomic E-state index is 0.0742. The van der Waals surface area contributed by atoms with E-state index in [4.69, 9.17) is 39.5 Å². The van der Waals surface area contributed by atoms with Crippen LogP contribution in [0.3, 0.4) is 0 Å². The molecule has 0 saturated heterocycles. The summed E-state index contributed by atoms with van der Waals surface area (Å²) >= 11 is 18.3. The Kier molecular flexibility index (Phi) is 7.63. The molecule has 0 radical (unpaired) electrons. The molecule has 0 bridgehead atoms. The van der Waals surface area contributed by atoms with Crippen LogP contribution >= 0.6 is 34.8 Å². The largest absolute Gasteiger partial charge is 0.380 e. The van der Waals surface area contributed by atoms with Gasteiger partial charge in [0.1, 0.15) is 0 Å². The van der Waals surface area contributed by atoms with Gasteiger partial charge in [-0.2, -0.15) is 0 Å². The van der Waals surface area contributed by atoms with Crippen LogP contribution in [0.1, 0.15) is 39.3 Å². The van der Waals surface area contributed by atoms with Gasteiger partial charge in [-0.25, -0.2) is 0 Å². The molecule has 0 fully saturated rings. The standard InChI is InChI=1S/C15H22Cl3NO/c1-5-20-8-13(9(2)3)19-10(4)11-6-7-12(16)15(18)14(11)17/h6-7,9-10,13,19H,5,8H2,1-4H3. The molecule has 1 rings (SSSR count). The van der Waals surface area contributed by atoms with Crippen molar-refractivity contribution in [3.8, 4) is 0 Å². The van der Waals surface area contributed by atoms with E-state index >= 15 is 0 Å². The van der Waals surface area contributed by atoms with Gasteiger partial charge in [0, 0.05) is 18.7 Å². The van der Waals surface area contributed by atoms with Gasteiger partial charge >= 0.3 is 0 Å². The summed E-state index contributed by atoms with van der Waals surface area (Å²) in [6.07, 6.45) is 0. The molecule has 1 N–H and O–H groups in total. The maximum atomic E-state index is 6.27. The second-order valence-corrected chi connectivity index (χ2v) is 6.33. The Hall–Kier alpha value is 0.01000. The molecule has 0 aliphatic carbocycles. The Morgan fingerprint density at radius 3 is 2.30 bits per heavy atom. The normalized spacial score (nSPS) is 14.6. The van der Waals surface area contributed by atoms with E-state index < -0.39 is 0 Å². The fraction of sp³-hybridized carbons (Fsp3) is 0.600. The van der Waals surface area contributed by atoms with Crippen molar-refractivity contribution in [2.24, 2.45) is 5.92 Å². The Bertz CT molecular complexity index is 437. The van der Waals surface area contributed by atoms with Crippen LogP contribution in [0.5, 0.6) is 0 Å². The summed E-state index contributed by atoms with van der Waals surface area (Å²) in [7, 11) is 0. The number of halogens is 3. The van der Waals surface area contributed by atoms with Crippen LogP contribution in [0.15, 0.2) is 12.1 Å². The topological polar surface area (TPSA) is 21.3 Å². The molecule has 0 heterocycles. The molecule has 0 spiro atoms. The van der Waals surface area contributed by atoms with Crippen LogP contribution in [-0.4, -0.2) is 19.3 Å². The molecule has 0 amide bonds. The molecule has 2 nitrogen and oxygen atoms in total. The lowest BCUT2D eigenvalue weighted by Crippen LogP contribution is -2.39. The molecule has 2 atom stereocenters. The van der Waals surface area contributed by atoms with Gasteiger partial charge in [0.25, 0.3) is 0 Å². The van der Waals surface area contributed by atoms with E-state index in [0.717, 1.165) is 5.56 Å². The number of benzene rings is 1. The average molecular weight is 339 g/mol. The van der Waals surface area contributed by atoms with Gasteiger partial charge < -0.3 is 10.1 Å². The van der Waals surface area contributed by atoms with E-state index in [1.807, 2.05) is 13.0 Å². The number of rotatable bonds is 7. The van der Waals surface area contributed by atoms with Gasteiger partial charge in [-0.3, -0.25) is 0 Å². The van der Waals surface area contributed by atoms with Crippen LogP contribution in [0.25, 0.3) is 0 Å². The van der Waals surface area contributed by atoms with Gasteiger partial charge in [0.2, 0.25) is 0 Å². The number of hydrogen-bond donors (Lipinski definition) is 1. The highest BCUT2D eigenvalue weighted by Gasteiger charge is 2.20. The predicted molar refractivity (Wildman–Crippen MR) is 88.1 cm³/mol. The third kappa shape index (κ3) is 4.78. The third-order valence-corrected chi connectivity index (χ3v) is 4.61. The van der Waals surface area contributed by atoms with Gasteiger partial charge in [-0.1, -0.05) is 54.7 Å². The number of hydrogen-bond acceptors (Lipinski definition) is 2. The first-order chi connectivity index (χ1) is 9.38. The SMILES string of the molecule is CCOCC(NC(C)c1ccc(Cl)c(Cl)c1Cl)C(C)C. The van der Waals surface area contributed by atoms with Crippen LogP contribution in [0.2, 0.25) is 15.1 Å². The van der Waals surface area contributed by atoms with E-state index in [-0.39, 0.29) is 12.1 Å². The van der Waals surface area contributed by atoms with Crippen molar-refractivity contribution in [1.29, 1.82) is 0 Å². The lowest BCUT2D eigenvalue weighted by molar-refractivity contribution is 0.104. The van der Waals surface area contributed by atoms with Crippen LogP contribution in [0.4, 0.5) is 0 Å². The Balaban J connectivity index is 2.83. The number of nitrogens with one attached hydrogen (secondary N) is 1. The minimum Gasteiger partial charge on any atom is -0.380 e. The Morgan fingerprint density at radius 1 is 1.10 bits per heavy atom. The second kappa shape index (κ2) is 8.45. The van der Waals surface area contributed by atoms with Crippen LogP contribution in [0, 0.1) is 5.92 Å². The molecule has 20 heavy (non-hydrogen) atoms. The van der Waals surface area contributed by atoms with Crippen molar-refractivity contribution in [3.05, 3.63) is 32.8 Å². The summed E-state index contributed by atoms with van der Waals surface area (Å²) in [5, 5.41) is 4.94. The van der Waals surface area contributed by atoms with E-state index in [2.05, 4.69) is 26.1 Å². The summed E-state index contributed by atoms with van der Waals surface area (Å²) in [5.41, 5.74) is 0.947. The molecule has 5 heteroatoms. The highest BCUT2D eigenvalue weighted by atomic mass is 35.5. The van der Waals surface area contributed by atoms with Gasteiger partial charge in [-0.05, 0) is 31.4 Å². The summed E-state index contributed by atoms with van der Waals surface area (Å²) in [4.78, 5) is 0. The molecule has 0 saturated carbocycles. The third-order valence-electron chi connectivity index (χ3n) is 3.30. The van der Waals surface area contributed by atoms with Crippen LogP contribution < -0.4 is 5.32 Å². The first kappa shape index (κ1) is 18.1. The van der Waals surface area contributed by atoms with Crippen LogP contribution in [-0.2, 0) is 4.74 Å². The second-order valence-electron chi connectivity index (χ2n) is 5.16. The van der Waals surface area contributed by atoms with E-state index in [1.54, 1.807) is 6.07 Å². The van der Waals surface area contributed by atoms with Gasteiger partial charge in [0.15, 0.2) is 0 Å². The lowest BCUT2D eigenvalue weighted by Gasteiger charge is -2.27. The maximum absolute atomic E-state index is 6.27. The zero-order chi connectivity index (χ0) is 15.3. The molecule has 2 unspecified atom stereocenters. The smallest absolute Gasteiger partial charge is 0.0781 e. The van der Waals surface area contributed by atoms with Crippen molar-refractivity contribution < 1.29 is 4.74 Å². The maximum Gasteiger partial charge on any atom is 0.0781 e. The van der Waals surface area contributed by atoms with Crippen molar-refractivity contribution in [2.75, 3.05) is 13.2 Å².